The van der Waals surface area contributed by atoms with Crippen LogP contribution in [0.5, 0.6) is 0 Å². The molecule has 1 aromatic heterocycles. The van der Waals surface area contributed by atoms with Crippen LogP contribution in [0.3, 0.4) is 0 Å². The molecular weight excluding hydrogens is 278 g/mol. The van der Waals surface area contributed by atoms with Gasteiger partial charge in [-0.2, -0.15) is 0 Å². The van der Waals surface area contributed by atoms with Crippen molar-refractivity contribution in [3.63, 3.8) is 0 Å². The summed E-state index contributed by atoms with van der Waals surface area (Å²) in [5.41, 5.74) is 2.05. The second kappa shape index (κ2) is 7.09. The Morgan fingerprint density at radius 2 is 1.91 bits per heavy atom. The highest BCUT2D eigenvalue weighted by molar-refractivity contribution is 5.68. The van der Waals surface area contributed by atoms with E-state index in [4.69, 9.17) is 4.74 Å². The van der Waals surface area contributed by atoms with Crippen molar-refractivity contribution in [2.24, 2.45) is 0 Å². The SMILES string of the molecule is Cc1cncc(CCN2CCN(C(=O)OC(C)(C)C)CC2)c1. The number of ether oxygens (including phenoxy) is 1. The molecule has 0 spiro atoms. The molecule has 5 nitrogen and oxygen atoms in total. The van der Waals surface area contributed by atoms with E-state index in [-0.39, 0.29) is 6.09 Å². The van der Waals surface area contributed by atoms with E-state index in [1.807, 2.05) is 33.2 Å². The molecule has 0 saturated carbocycles. The number of hydrogen-bond donors (Lipinski definition) is 0. The topological polar surface area (TPSA) is 45.7 Å². The average Bonchev–Trinajstić information content (AvgIpc) is 2.44. The van der Waals surface area contributed by atoms with Crippen LogP contribution in [0.1, 0.15) is 31.9 Å². The summed E-state index contributed by atoms with van der Waals surface area (Å²) in [7, 11) is 0. The molecule has 0 bridgehead atoms. The number of hydrogen-bond acceptors (Lipinski definition) is 4. The van der Waals surface area contributed by atoms with Gasteiger partial charge in [0.15, 0.2) is 0 Å². The lowest BCUT2D eigenvalue weighted by atomic mass is 10.1. The van der Waals surface area contributed by atoms with E-state index >= 15 is 0 Å². The molecular formula is C17H27N3O2. The second-order valence-corrected chi connectivity index (χ2v) is 6.93. The fraction of sp³-hybridized carbons (Fsp3) is 0.647. The molecule has 0 aliphatic carbocycles. The largest absolute Gasteiger partial charge is 0.444 e. The molecule has 1 fully saturated rings. The number of piperazine rings is 1. The minimum Gasteiger partial charge on any atom is -0.444 e. The smallest absolute Gasteiger partial charge is 0.410 e. The number of carbonyl (C=O) groups excluding carboxylic acids is 1. The van der Waals surface area contributed by atoms with Gasteiger partial charge in [-0.1, -0.05) is 6.07 Å². The van der Waals surface area contributed by atoms with Gasteiger partial charge in [0.25, 0.3) is 0 Å². The van der Waals surface area contributed by atoms with Gasteiger partial charge >= 0.3 is 6.09 Å². The van der Waals surface area contributed by atoms with Gasteiger partial charge in [0.1, 0.15) is 5.60 Å². The van der Waals surface area contributed by atoms with E-state index < -0.39 is 5.60 Å². The summed E-state index contributed by atoms with van der Waals surface area (Å²) in [6.07, 6.45) is 4.61. The van der Waals surface area contributed by atoms with Gasteiger partial charge in [0.2, 0.25) is 0 Å². The van der Waals surface area contributed by atoms with Crippen LogP contribution < -0.4 is 0 Å². The fourth-order valence-electron chi connectivity index (χ4n) is 2.52. The molecule has 1 aliphatic heterocycles. The van der Waals surface area contributed by atoms with Gasteiger partial charge in [0, 0.05) is 45.1 Å². The zero-order valence-corrected chi connectivity index (χ0v) is 14.1. The summed E-state index contributed by atoms with van der Waals surface area (Å²) in [6.45, 7) is 12.0. The van der Waals surface area contributed by atoms with Crippen molar-refractivity contribution < 1.29 is 9.53 Å². The number of aromatic nitrogens is 1. The molecule has 0 radical (unpaired) electrons. The van der Waals surface area contributed by atoms with Crippen LogP contribution >= 0.6 is 0 Å². The highest BCUT2D eigenvalue weighted by Crippen LogP contribution is 2.12. The van der Waals surface area contributed by atoms with Crippen molar-refractivity contribution in [2.75, 3.05) is 32.7 Å². The third-order valence-corrected chi connectivity index (χ3v) is 3.67. The van der Waals surface area contributed by atoms with Crippen molar-refractivity contribution in [2.45, 2.75) is 39.7 Å². The normalized spacial score (nSPS) is 16.6. The molecule has 0 atom stereocenters. The van der Waals surface area contributed by atoms with Crippen molar-refractivity contribution in [3.05, 3.63) is 29.6 Å². The first kappa shape index (κ1) is 16.7. The van der Waals surface area contributed by atoms with Crippen LogP contribution in [0.2, 0.25) is 0 Å². The molecule has 122 valence electrons. The van der Waals surface area contributed by atoms with Crippen LogP contribution in [0.15, 0.2) is 18.5 Å². The summed E-state index contributed by atoms with van der Waals surface area (Å²) in [5.74, 6) is 0. The second-order valence-electron chi connectivity index (χ2n) is 6.93. The Morgan fingerprint density at radius 3 is 2.50 bits per heavy atom. The highest BCUT2D eigenvalue weighted by atomic mass is 16.6. The first-order valence-corrected chi connectivity index (χ1v) is 7.94. The Bertz CT molecular complexity index is 503. The molecule has 1 amide bonds. The molecule has 5 heteroatoms. The average molecular weight is 305 g/mol. The molecule has 1 aliphatic rings. The van der Waals surface area contributed by atoms with Crippen LogP contribution in [0, 0.1) is 6.92 Å². The summed E-state index contributed by atoms with van der Waals surface area (Å²) < 4.78 is 5.42. The molecule has 22 heavy (non-hydrogen) atoms. The Balaban J connectivity index is 1.74. The zero-order chi connectivity index (χ0) is 16.2. The predicted molar refractivity (Wildman–Crippen MR) is 86.9 cm³/mol. The highest BCUT2D eigenvalue weighted by Gasteiger charge is 2.25. The Hall–Kier alpha value is -1.62. The van der Waals surface area contributed by atoms with Gasteiger partial charge in [0.05, 0.1) is 0 Å². The Kier molecular flexibility index (Phi) is 5.40. The standard InChI is InChI=1S/C17H27N3O2/c1-14-11-15(13-18-12-14)5-6-19-7-9-20(10-8-19)16(21)22-17(2,3)4/h11-13H,5-10H2,1-4H3. The van der Waals surface area contributed by atoms with Crippen LogP contribution in [0.25, 0.3) is 0 Å². The van der Waals surface area contributed by atoms with Crippen LogP contribution in [0.4, 0.5) is 4.79 Å². The third-order valence-electron chi connectivity index (χ3n) is 3.67. The lowest BCUT2D eigenvalue weighted by Crippen LogP contribution is -2.50. The molecule has 0 aromatic carbocycles. The number of carbonyl (C=O) groups is 1. The molecule has 0 unspecified atom stereocenters. The zero-order valence-electron chi connectivity index (χ0n) is 14.1. The maximum Gasteiger partial charge on any atom is 0.410 e. The number of aryl methyl sites for hydroxylation is 1. The van der Waals surface area contributed by atoms with Crippen LogP contribution in [-0.4, -0.2) is 59.2 Å². The first-order valence-electron chi connectivity index (χ1n) is 7.94. The number of rotatable bonds is 3. The van der Waals surface area contributed by atoms with Gasteiger partial charge in [-0.3, -0.25) is 9.88 Å². The van der Waals surface area contributed by atoms with Gasteiger partial charge < -0.3 is 9.64 Å². The van der Waals surface area contributed by atoms with Crippen molar-refractivity contribution in [1.82, 2.24) is 14.8 Å². The maximum absolute atomic E-state index is 12.0. The van der Waals surface area contributed by atoms with Crippen LogP contribution in [-0.2, 0) is 11.2 Å². The van der Waals surface area contributed by atoms with E-state index in [2.05, 4.69) is 22.9 Å². The van der Waals surface area contributed by atoms with E-state index in [0.29, 0.717) is 0 Å². The Morgan fingerprint density at radius 1 is 1.23 bits per heavy atom. The monoisotopic (exact) mass is 305 g/mol. The van der Waals surface area contributed by atoms with Crippen molar-refractivity contribution in [1.29, 1.82) is 0 Å². The van der Waals surface area contributed by atoms with Crippen molar-refractivity contribution >= 4 is 6.09 Å². The summed E-state index contributed by atoms with van der Waals surface area (Å²) in [5, 5.41) is 0. The summed E-state index contributed by atoms with van der Waals surface area (Å²) >= 11 is 0. The van der Waals surface area contributed by atoms with Gasteiger partial charge in [-0.15, -0.1) is 0 Å². The van der Waals surface area contributed by atoms with Gasteiger partial charge in [-0.25, -0.2) is 4.79 Å². The molecule has 1 saturated heterocycles. The van der Waals surface area contributed by atoms with E-state index in [1.165, 1.54) is 11.1 Å². The van der Waals surface area contributed by atoms with Crippen molar-refractivity contribution in [3.8, 4) is 0 Å². The lowest BCUT2D eigenvalue weighted by molar-refractivity contribution is 0.0146. The molecule has 0 N–H and O–H groups in total. The third kappa shape index (κ3) is 5.30. The summed E-state index contributed by atoms with van der Waals surface area (Å²) in [6, 6.07) is 2.18. The number of amides is 1. The Labute approximate surface area is 133 Å². The lowest BCUT2D eigenvalue weighted by Gasteiger charge is -2.35. The minimum absolute atomic E-state index is 0.199. The fourth-order valence-corrected chi connectivity index (χ4v) is 2.52. The quantitative estimate of drug-likeness (QED) is 0.860. The summed E-state index contributed by atoms with van der Waals surface area (Å²) in [4.78, 5) is 20.4. The van der Waals surface area contributed by atoms with Gasteiger partial charge in [-0.05, 0) is 45.2 Å². The first-order chi connectivity index (χ1) is 10.3. The maximum atomic E-state index is 12.0. The number of pyridine rings is 1. The number of nitrogens with zero attached hydrogens (tertiary/aromatic N) is 3. The predicted octanol–water partition coefficient (Wildman–Crippen LogP) is 2.49. The molecule has 2 heterocycles. The van der Waals surface area contributed by atoms with E-state index in [9.17, 15) is 4.79 Å². The minimum atomic E-state index is -0.424. The van der Waals surface area contributed by atoms with E-state index in [1.54, 1.807) is 4.90 Å². The molecule has 2 rings (SSSR count). The van der Waals surface area contributed by atoms with E-state index in [0.717, 1.165) is 39.1 Å². The molecule has 1 aromatic rings.